The molecule has 0 radical (unpaired) electrons. The highest BCUT2D eigenvalue weighted by Gasteiger charge is 2.49. The standard InChI is InChI=1S/C27H36N2O2Si/c1-4-32(5-2)22(3)29(25-15-10-11-16-26(25)32)27(31)17-9-7-6-8-14-24(30)19-18-23-13-12-20-28-21-23/h10-13,15-16,18-22H,4-9,14,17H2,1-3H3/b19-18+. The second-order valence-electron chi connectivity index (χ2n) is 8.82. The Morgan fingerprint density at radius 3 is 2.41 bits per heavy atom. The van der Waals surface area contributed by atoms with Crippen molar-refractivity contribution in [3.8, 4) is 0 Å². The summed E-state index contributed by atoms with van der Waals surface area (Å²) in [6.07, 6.45) is 11.8. The largest absolute Gasteiger partial charge is 0.312 e. The fraction of sp³-hybridized carbons (Fsp3) is 0.444. The normalized spacial score (nSPS) is 17.0. The third kappa shape index (κ3) is 5.26. The van der Waals surface area contributed by atoms with Crippen molar-refractivity contribution in [2.45, 2.75) is 77.0 Å². The molecule has 1 aliphatic heterocycles. The molecule has 0 N–H and O–H groups in total. The summed E-state index contributed by atoms with van der Waals surface area (Å²) in [6, 6.07) is 14.7. The van der Waals surface area contributed by atoms with Gasteiger partial charge in [-0.2, -0.15) is 0 Å². The molecule has 1 aromatic heterocycles. The molecule has 32 heavy (non-hydrogen) atoms. The zero-order valence-electron chi connectivity index (χ0n) is 19.7. The van der Waals surface area contributed by atoms with Crippen molar-refractivity contribution >= 4 is 36.7 Å². The van der Waals surface area contributed by atoms with Gasteiger partial charge in [0.1, 0.15) is 8.07 Å². The van der Waals surface area contributed by atoms with Crippen molar-refractivity contribution in [3.05, 3.63) is 60.4 Å². The summed E-state index contributed by atoms with van der Waals surface area (Å²) in [6.45, 7) is 6.86. The minimum atomic E-state index is -1.68. The van der Waals surface area contributed by atoms with Gasteiger partial charge < -0.3 is 4.90 Å². The molecule has 5 heteroatoms. The first kappa shape index (κ1) is 24.1. The number of aromatic nitrogens is 1. The summed E-state index contributed by atoms with van der Waals surface area (Å²) >= 11 is 0. The number of nitrogens with zero attached hydrogens (tertiary/aromatic N) is 2. The van der Waals surface area contributed by atoms with E-state index in [2.05, 4.69) is 54.9 Å². The van der Waals surface area contributed by atoms with E-state index < -0.39 is 8.07 Å². The van der Waals surface area contributed by atoms with Crippen LogP contribution in [0.5, 0.6) is 0 Å². The van der Waals surface area contributed by atoms with Gasteiger partial charge in [-0.25, -0.2) is 0 Å². The first-order valence-electron chi connectivity index (χ1n) is 12.1. The Morgan fingerprint density at radius 1 is 1.00 bits per heavy atom. The van der Waals surface area contributed by atoms with Gasteiger partial charge in [-0.05, 0) is 54.8 Å². The van der Waals surface area contributed by atoms with E-state index in [0.29, 0.717) is 18.5 Å². The number of fused-ring (bicyclic) bond motifs is 1. The average Bonchev–Trinajstić information content (AvgIpc) is 3.08. The number of unbranched alkanes of at least 4 members (excludes halogenated alkanes) is 3. The van der Waals surface area contributed by atoms with Crippen LogP contribution in [0.25, 0.3) is 6.08 Å². The molecule has 0 spiro atoms. The van der Waals surface area contributed by atoms with E-state index in [1.54, 1.807) is 18.5 Å². The van der Waals surface area contributed by atoms with Crippen LogP contribution in [-0.4, -0.2) is 30.4 Å². The van der Waals surface area contributed by atoms with E-state index in [1.807, 2.05) is 18.2 Å². The van der Waals surface area contributed by atoms with Crippen molar-refractivity contribution in [1.29, 1.82) is 0 Å². The number of carbonyl (C=O) groups excluding carboxylic acids is 2. The molecule has 1 aromatic carbocycles. The number of hydrogen-bond acceptors (Lipinski definition) is 3. The van der Waals surface area contributed by atoms with Crippen LogP contribution >= 0.6 is 0 Å². The second kappa shape index (κ2) is 11.4. The Bertz CT molecular complexity index is 938. The summed E-state index contributed by atoms with van der Waals surface area (Å²) in [5.74, 6) is 0.407. The van der Waals surface area contributed by atoms with Gasteiger partial charge in [0.2, 0.25) is 5.91 Å². The highest BCUT2D eigenvalue weighted by molar-refractivity contribution is 6.96. The second-order valence-corrected chi connectivity index (χ2v) is 13.9. The number of allylic oxidation sites excluding steroid dienone is 1. The van der Waals surface area contributed by atoms with Crippen LogP contribution in [0.4, 0.5) is 5.69 Å². The fourth-order valence-corrected chi connectivity index (χ4v) is 9.97. The maximum absolute atomic E-state index is 13.2. The number of pyridine rings is 1. The molecule has 1 aliphatic rings. The van der Waals surface area contributed by atoms with Gasteiger partial charge in [0.05, 0.1) is 0 Å². The Balaban J connectivity index is 1.43. The Kier molecular flexibility index (Phi) is 8.57. The lowest BCUT2D eigenvalue weighted by atomic mass is 10.1. The van der Waals surface area contributed by atoms with E-state index >= 15 is 0 Å². The first-order chi connectivity index (χ1) is 15.5. The Morgan fingerprint density at radius 2 is 1.72 bits per heavy atom. The third-order valence-electron chi connectivity index (χ3n) is 7.13. The summed E-state index contributed by atoms with van der Waals surface area (Å²) in [5, 5.41) is 1.46. The molecular weight excluding hydrogens is 412 g/mol. The minimum Gasteiger partial charge on any atom is -0.312 e. The summed E-state index contributed by atoms with van der Waals surface area (Å²) < 4.78 is 0. The molecule has 4 nitrogen and oxygen atoms in total. The number of para-hydroxylation sites is 1. The van der Waals surface area contributed by atoms with Crippen LogP contribution in [0.3, 0.4) is 0 Å². The summed E-state index contributed by atoms with van der Waals surface area (Å²) in [5.41, 5.74) is 2.42. The van der Waals surface area contributed by atoms with E-state index in [1.165, 1.54) is 17.3 Å². The lowest BCUT2D eigenvalue weighted by Crippen LogP contribution is -2.55. The molecule has 2 heterocycles. The van der Waals surface area contributed by atoms with E-state index in [4.69, 9.17) is 0 Å². The van der Waals surface area contributed by atoms with E-state index in [0.717, 1.165) is 36.9 Å². The smallest absolute Gasteiger partial charge is 0.226 e. The maximum Gasteiger partial charge on any atom is 0.226 e. The molecule has 1 atom stereocenters. The maximum atomic E-state index is 13.2. The van der Waals surface area contributed by atoms with Gasteiger partial charge >= 0.3 is 0 Å². The van der Waals surface area contributed by atoms with Gasteiger partial charge in [0, 0.05) is 36.6 Å². The molecule has 3 rings (SSSR count). The Hall–Kier alpha value is -2.53. The number of hydrogen-bond donors (Lipinski definition) is 0. The molecule has 0 fully saturated rings. The number of carbonyl (C=O) groups is 2. The molecule has 2 aromatic rings. The number of benzene rings is 1. The molecule has 0 bridgehead atoms. The molecule has 0 aliphatic carbocycles. The highest BCUT2D eigenvalue weighted by atomic mass is 28.3. The van der Waals surface area contributed by atoms with Gasteiger partial charge in [-0.15, -0.1) is 0 Å². The predicted molar refractivity (Wildman–Crippen MR) is 136 cm³/mol. The highest BCUT2D eigenvalue weighted by Crippen LogP contribution is 2.36. The Labute approximate surface area is 193 Å². The number of anilines is 1. The fourth-order valence-electron chi connectivity index (χ4n) is 5.15. The van der Waals surface area contributed by atoms with E-state index in [-0.39, 0.29) is 11.7 Å². The van der Waals surface area contributed by atoms with Gasteiger partial charge in [-0.3, -0.25) is 14.6 Å². The molecule has 1 unspecified atom stereocenters. The molecule has 1 amide bonds. The van der Waals surface area contributed by atoms with E-state index in [9.17, 15) is 9.59 Å². The minimum absolute atomic E-state index is 0.146. The van der Waals surface area contributed by atoms with Gasteiger partial charge in [0.15, 0.2) is 5.78 Å². The molecule has 0 saturated carbocycles. The lowest BCUT2D eigenvalue weighted by molar-refractivity contribution is -0.119. The van der Waals surface area contributed by atoms with Gasteiger partial charge in [-0.1, -0.05) is 63.0 Å². The van der Waals surface area contributed by atoms with Crippen LogP contribution in [-0.2, 0) is 9.59 Å². The SMILES string of the molecule is CC[Si]1(CC)c2ccccc2N(C(=O)CCCCCCC(=O)/C=C/c2cccnc2)C1C. The van der Waals surface area contributed by atoms with Crippen molar-refractivity contribution < 1.29 is 9.59 Å². The van der Waals surface area contributed by atoms with Crippen LogP contribution in [0.15, 0.2) is 54.9 Å². The quantitative estimate of drug-likeness (QED) is 0.253. The predicted octanol–water partition coefficient (Wildman–Crippen LogP) is 5.67. The van der Waals surface area contributed by atoms with Crippen molar-refractivity contribution in [2.24, 2.45) is 0 Å². The van der Waals surface area contributed by atoms with Crippen molar-refractivity contribution in [3.63, 3.8) is 0 Å². The topological polar surface area (TPSA) is 50.3 Å². The zero-order chi connectivity index (χ0) is 23.0. The zero-order valence-corrected chi connectivity index (χ0v) is 20.7. The third-order valence-corrected chi connectivity index (χ3v) is 13.0. The summed E-state index contributed by atoms with van der Waals surface area (Å²) in [7, 11) is -1.68. The number of rotatable bonds is 11. The summed E-state index contributed by atoms with van der Waals surface area (Å²) in [4.78, 5) is 31.4. The molecular formula is C27H36N2O2Si. The van der Waals surface area contributed by atoms with Crippen molar-refractivity contribution in [1.82, 2.24) is 4.98 Å². The monoisotopic (exact) mass is 448 g/mol. The van der Waals surface area contributed by atoms with Crippen LogP contribution in [0, 0.1) is 0 Å². The first-order valence-corrected chi connectivity index (χ1v) is 14.5. The van der Waals surface area contributed by atoms with Gasteiger partial charge in [0.25, 0.3) is 0 Å². The average molecular weight is 449 g/mol. The lowest BCUT2D eigenvalue weighted by Gasteiger charge is -2.33. The van der Waals surface area contributed by atoms with Crippen molar-refractivity contribution in [2.75, 3.05) is 4.90 Å². The molecule has 170 valence electrons. The number of amides is 1. The molecule has 0 saturated heterocycles. The van der Waals surface area contributed by atoms with Crippen LogP contribution in [0.1, 0.15) is 64.9 Å². The number of ketones is 1. The van der Waals surface area contributed by atoms with Crippen LogP contribution in [0.2, 0.25) is 12.1 Å². The van der Waals surface area contributed by atoms with Crippen LogP contribution < -0.4 is 10.1 Å².